The highest BCUT2D eigenvalue weighted by molar-refractivity contribution is 6.76. The third-order valence-electron chi connectivity index (χ3n) is 2.97. The number of benzene rings is 2. The Morgan fingerprint density at radius 1 is 1.04 bits per heavy atom. The highest BCUT2D eigenvalue weighted by Gasteiger charge is 2.30. The second-order valence-electron chi connectivity index (χ2n) is 4.74. The molecule has 0 spiro atoms. The van der Waals surface area contributed by atoms with Gasteiger partial charge in [-0.2, -0.15) is 0 Å². The Bertz CT molecular complexity index is 733. The van der Waals surface area contributed by atoms with Crippen molar-refractivity contribution in [1.29, 1.82) is 0 Å². The first kappa shape index (κ1) is 18.4. The van der Waals surface area contributed by atoms with Crippen LogP contribution in [0.5, 0.6) is 5.75 Å². The van der Waals surface area contributed by atoms with Crippen LogP contribution < -0.4 is 15.0 Å². The second-order valence-corrected chi connectivity index (χ2v) is 7.02. The van der Waals surface area contributed by atoms with Gasteiger partial charge < -0.3 is 10.1 Å². The lowest BCUT2D eigenvalue weighted by Gasteiger charge is -2.17. The highest BCUT2D eigenvalue weighted by Crippen LogP contribution is 2.28. The van der Waals surface area contributed by atoms with E-state index >= 15 is 0 Å². The van der Waals surface area contributed by atoms with Crippen molar-refractivity contribution in [3.8, 4) is 5.75 Å². The van der Waals surface area contributed by atoms with Gasteiger partial charge in [-0.3, -0.25) is 9.69 Å². The van der Waals surface area contributed by atoms with Gasteiger partial charge in [-0.05, 0) is 24.3 Å². The number of halogens is 3. The number of ether oxygens (including phenoxy) is 1. The van der Waals surface area contributed by atoms with Crippen LogP contribution >= 0.6 is 34.8 Å². The van der Waals surface area contributed by atoms with Crippen LogP contribution in [0.1, 0.15) is 0 Å². The minimum Gasteiger partial charge on any atom is -0.410 e. The molecule has 2 rings (SSSR count). The van der Waals surface area contributed by atoms with Crippen molar-refractivity contribution in [3.05, 3.63) is 54.6 Å². The van der Waals surface area contributed by atoms with E-state index in [0.29, 0.717) is 11.4 Å². The van der Waals surface area contributed by atoms with Crippen molar-refractivity contribution < 1.29 is 14.3 Å². The third-order valence-corrected chi connectivity index (χ3v) is 3.49. The van der Waals surface area contributed by atoms with E-state index in [1.54, 1.807) is 37.4 Å². The minimum atomic E-state index is -2.08. The molecule has 0 aliphatic heterocycles. The molecule has 0 aromatic heterocycles. The molecular formula is C16H13Cl3N2O3. The number of nitrogens with zero attached hydrogens (tertiary/aromatic N) is 1. The lowest BCUT2D eigenvalue weighted by Crippen LogP contribution is -2.29. The fourth-order valence-corrected chi connectivity index (χ4v) is 1.91. The Morgan fingerprint density at radius 2 is 1.71 bits per heavy atom. The maximum atomic E-state index is 12.2. The predicted molar refractivity (Wildman–Crippen MR) is 96.2 cm³/mol. The van der Waals surface area contributed by atoms with Crippen LogP contribution in [0.25, 0.3) is 0 Å². The maximum absolute atomic E-state index is 12.2. The van der Waals surface area contributed by atoms with Gasteiger partial charge in [-0.1, -0.05) is 59.1 Å². The molecule has 126 valence electrons. The number of hydrogen-bond donors (Lipinski definition) is 1. The molecule has 8 heteroatoms. The van der Waals surface area contributed by atoms with Crippen molar-refractivity contribution in [2.24, 2.45) is 0 Å². The third kappa shape index (κ3) is 5.03. The van der Waals surface area contributed by atoms with Crippen LogP contribution in [0.15, 0.2) is 54.6 Å². The first-order chi connectivity index (χ1) is 11.3. The van der Waals surface area contributed by atoms with Crippen LogP contribution in [0.2, 0.25) is 0 Å². The molecule has 2 aromatic rings. The summed E-state index contributed by atoms with van der Waals surface area (Å²) in [6.07, 6.45) is -0.578. The number of carbonyl (C=O) groups excluding carboxylic acids is 2. The Kier molecular flexibility index (Phi) is 5.94. The van der Waals surface area contributed by atoms with E-state index < -0.39 is 15.8 Å². The van der Waals surface area contributed by atoms with Crippen LogP contribution in [0, 0.1) is 0 Å². The molecule has 0 bridgehead atoms. The molecule has 0 saturated heterocycles. The fraction of sp³-hybridized carbons (Fsp3) is 0.125. The standard InChI is InChI=1S/C16H13Cl3N2O3/c1-21(12-7-3-2-4-8-12)15(23)24-13-9-5-6-11(10-13)20-14(22)16(17,18)19/h2-10H,1H3,(H,20,22). The van der Waals surface area contributed by atoms with Gasteiger partial charge >= 0.3 is 6.09 Å². The molecule has 0 heterocycles. The molecule has 2 amide bonds. The maximum Gasteiger partial charge on any atom is 0.419 e. The second kappa shape index (κ2) is 7.75. The zero-order valence-electron chi connectivity index (χ0n) is 12.5. The molecule has 5 nitrogen and oxygen atoms in total. The van der Waals surface area contributed by atoms with Crippen LogP contribution in [-0.2, 0) is 4.79 Å². The molecule has 0 aliphatic rings. The SMILES string of the molecule is CN(C(=O)Oc1cccc(NC(=O)C(Cl)(Cl)Cl)c1)c1ccccc1. The molecule has 2 aromatic carbocycles. The smallest absolute Gasteiger partial charge is 0.410 e. The molecule has 0 unspecified atom stereocenters. The van der Waals surface area contributed by atoms with Crippen LogP contribution in [-0.4, -0.2) is 22.8 Å². The van der Waals surface area contributed by atoms with Crippen molar-refractivity contribution in [2.45, 2.75) is 3.79 Å². The zero-order valence-corrected chi connectivity index (χ0v) is 14.8. The number of para-hydroxylation sites is 1. The van der Waals surface area contributed by atoms with Crippen molar-refractivity contribution >= 4 is 58.2 Å². The summed E-state index contributed by atoms with van der Waals surface area (Å²) in [7, 11) is 1.59. The predicted octanol–water partition coefficient (Wildman–Crippen LogP) is 4.63. The Balaban J connectivity index is 2.06. The number of rotatable bonds is 3. The largest absolute Gasteiger partial charge is 0.419 e. The average Bonchev–Trinajstić information content (AvgIpc) is 2.54. The highest BCUT2D eigenvalue weighted by atomic mass is 35.6. The van der Waals surface area contributed by atoms with Crippen LogP contribution in [0.4, 0.5) is 16.2 Å². The first-order valence-corrected chi connectivity index (χ1v) is 7.89. The van der Waals surface area contributed by atoms with E-state index in [0.717, 1.165) is 0 Å². The van der Waals surface area contributed by atoms with Crippen molar-refractivity contribution in [2.75, 3.05) is 17.3 Å². The molecule has 24 heavy (non-hydrogen) atoms. The molecule has 0 radical (unpaired) electrons. The first-order valence-electron chi connectivity index (χ1n) is 6.76. The summed E-state index contributed by atoms with van der Waals surface area (Å²) in [5.41, 5.74) is 1.02. The molecule has 1 N–H and O–H groups in total. The quantitative estimate of drug-likeness (QED) is 0.781. The van der Waals surface area contributed by atoms with Gasteiger partial charge in [0.05, 0.1) is 0 Å². The number of alkyl halides is 3. The number of anilines is 2. The Hall–Kier alpha value is -1.95. The van der Waals surface area contributed by atoms with Gasteiger partial charge in [0, 0.05) is 24.5 Å². The summed E-state index contributed by atoms with van der Waals surface area (Å²) in [6, 6.07) is 15.2. The van der Waals surface area contributed by atoms with Crippen molar-refractivity contribution in [3.63, 3.8) is 0 Å². The molecular weight excluding hydrogens is 375 g/mol. The number of amides is 2. The summed E-state index contributed by atoms with van der Waals surface area (Å²) in [5, 5.41) is 2.42. The van der Waals surface area contributed by atoms with Gasteiger partial charge in [-0.25, -0.2) is 4.79 Å². The summed E-state index contributed by atoms with van der Waals surface area (Å²) < 4.78 is 3.19. The molecule has 0 aliphatic carbocycles. The van der Waals surface area contributed by atoms with Gasteiger partial charge in [0.15, 0.2) is 0 Å². The lowest BCUT2D eigenvalue weighted by atomic mass is 10.3. The summed E-state index contributed by atoms with van der Waals surface area (Å²) in [4.78, 5) is 25.2. The molecule has 0 saturated carbocycles. The average molecular weight is 388 g/mol. The van der Waals surface area contributed by atoms with Crippen LogP contribution in [0.3, 0.4) is 0 Å². The van der Waals surface area contributed by atoms with Gasteiger partial charge in [0.1, 0.15) is 5.75 Å². The fourth-order valence-electron chi connectivity index (χ4n) is 1.77. The molecule has 0 fully saturated rings. The van der Waals surface area contributed by atoms with Gasteiger partial charge in [-0.15, -0.1) is 0 Å². The van der Waals surface area contributed by atoms with E-state index in [1.807, 2.05) is 18.2 Å². The Labute approximate surface area is 154 Å². The van der Waals surface area contributed by atoms with Gasteiger partial charge in [0.25, 0.3) is 9.70 Å². The van der Waals surface area contributed by atoms with E-state index in [-0.39, 0.29) is 5.75 Å². The monoisotopic (exact) mass is 386 g/mol. The van der Waals surface area contributed by atoms with E-state index in [9.17, 15) is 9.59 Å². The minimum absolute atomic E-state index is 0.241. The Morgan fingerprint density at radius 3 is 2.33 bits per heavy atom. The summed E-state index contributed by atoms with van der Waals surface area (Å²) in [6.45, 7) is 0. The zero-order chi connectivity index (χ0) is 17.7. The normalized spacial score (nSPS) is 10.8. The summed E-state index contributed by atoms with van der Waals surface area (Å²) in [5.74, 6) is -0.567. The molecule has 0 atom stereocenters. The summed E-state index contributed by atoms with van der Waals surface area (Å²) >= 11 is 16.5. The van der Waals surface area contributed by atoms with Gasteiger partial charge in [0.2, 0.25) is 0 Å². The lowest BCUT2D eigenvalue weighted by molar-refractivity contribution is -0.115. The number of hydrogen-bond acceptors (Lipinski definition) is 3. The topological polar surface area (TPSA) is 58.6 Å². The number of carbonyl (C=O) groups is 2. The number of nitrogens with one attached hydrogen (secondary N) is 1. The van der Waals surface area contributed by atoms with E-state index in [1.165, 1.54) is 11.0 Å². The van der Waals surface area contributed by atoms with Crippen molar-refractivity contribution in [1.82, 2.24) is 0 Å². The van der Waals surface area contributed by atoms with E-state index in [4.69, 9.17) is 39.5 Å². The van der Waals surface area contributed by atoms with E-state index in [2.05, 4.69) is 5.32 Å².